The van der Waals surface area contributed by atoms with Gasteiger partial charge in [0, 0.05) is 46.8 Å². The summed E-state index contributed by atoms with van der Waals surface area (Å²) in [7, 11) is 3.16. The van der Waals surface area contributed by atoms with Crippen molar-refractivity contribution in [2.75, 3.05) is 19.5 Å². The van der Waals surface area contributed by atoms with E-state index < -0.39 is 5.92 Å². The van der Waals surface area contributed by atoms with Crippen LogP contribution in [0.15, 0.2) is 65.1 Å². The van der Waals surface area contributed by atoms with E-state index in [1.165, 1.54) is 0 Å². The van der Waals surface area contributed by atoms with Gasteiger partial charge in [-0.15, -0.1) is 0 Å². The van der Waals surface area contributed by atoms with Gasteiger partial charge >= 0.3 is 0 Å². The van der Waals surface area contributed by atoms with Crippen LogP contribution in [0.2, 0.25) is 0 Å². The number of ether oxygens (including phenoxy) is 2. The highest BCUT2D eigenvalue weighted by atomic mass is 16.5. The number of hydrogen-bond acceptors (Lipinski definition) is 6. The monoisotopic (exact) mass is 447 g/mol. The SMILES string of the molecule is COc1ccc(C2C(C(=O)Nc3ccccn3)=C(C)NC3=C2C(=O)CC(C)(C)C3)c(OC)c1. The minimum atomic E-state index is -0.575. The molecule has 1 atom stereocenters. The van der Waals surface area contributed by atoms with Crippen molar-refractivity contribution in [2.45, 2.75) is 39.5 Å². The Hall–Kier alpha value is -3.61. The minimum Gasteiger partial charge on any atom is -0.497 e. The van der Waals surface area contributed by atoms with Crippen LogP contribution in [0.4, 0.5) is 5.82 Å². The first-order valence-corrected chi connectivity index (χ1v) is 10.9. The molecule has 0 radical (unpaired) electrons. The van der Waals surface area contributed by atoms with Gasteiger partial charge in [0.05, 0.1) is 20.1 Å². The number of pyridine rings is 1. The molecule has 4 rings (SSSR count). The zero-order valence-corrected chi connectivity index (χ0v) is 19.6. The predicted octanol–water partition coefficient (Wildman–Crippen LogP) is 4.34. The summed E-state index contributed by atoms with van der Waals surface area (Å²) < 4.78 is 11.0. The Morgan fingerprint density at radius 3 is 2.61 bits per heavy atom. The maximum absolute atomic E-state index is 13.5. The lowest BCUT2D eigenvalue weighted by Gasteiger charge is -2.40. The van der Waals surface area contributed by atoms with E-state index in [4.69, 9.17) is 9.47 Å². The van der Waals surface area contributed by atoms with Gasteiger partial charge in [0.25, 0.3) is 5.91 Å². The number of carbonyl (C=O) groups excluding carboxylic acids is 2. The van der Waals surface area contributed by atoms with Gasteiger partial charge in [-0.1, -0.05) is 26.0 Å². The van der Waals surface area contributed by atoms with Crippen molar-refractivity contribution in [1.29, 1.82) is 0 Å². The number of aromatic nitrogens is 1. The third-order valence-electron chi connectivity index (χ3n) is 6.14. The van der Waals surface area contributed by atoms with Gasteiger partial charge in [0.2, 0.25) is 0 Å². The third-order valence-corrected chi connectivity index (χ3v) is 6.14. The van der Waals surface area contributed by atoms with Crippen molar-refractivity contribution in [3.05, 3.63) is 70.7 Å². The van der Waals surface area contributed by atoms with E-state index in [1.807, 2.05) is 19.1 Å². The molecule has 1 amide bonds. The summed E-state index contributed by atoms with van der Waals surface area (Å²) in [6, 6.07) is 10.8. The number of nitrogens with zero attached hydrogens (tertiary/aromatic N) is 1. The van der Waals surface area contributed by atoms with Crippen LogP contribution in [0.5, 0.6) is 11.5 Å². The minimum absolute atomic E-state index is 0.0345. The van der Waals surface area contributed by atoms with E-state index >= 15 is 0 Å². The molecule has 33 heavy (non-hydrogen) atoms. The van der Waals surface area contributed by atoms with Gasteiger partial charge < -0.3 is 20.1 Å². The number of Topliss-reactive ketones (excluding diaryl/α,β-unsaturated/α-hetero) is 1. The van der Waals surface area contributed by atoms with Gasteiger partial charge in [0.1, 0.15) is 17.3 Å². The predicted molar refractivity (Wildman–Crippen MR) is 126 cm³/mol. The van der Waals surface area contributed by atoms with Gasteiger partial charge in [-0.05, 0) is 37.0 Å². The molecule has 0 saturated heterocycles. The fourth-order valence-electron chi connectivity index (χ4n) is 4.73. The smallest absolute Gasteiger partial charge is 0.255 e. The molecule has 2 N–H and O–H groups in total. The lowest BCUT2D eigenvalue weighted by atomic mass is 9.68. The maximum Gasteiger partial charge on any atom is 0.255 e. The highest BCUT2D eigenvalue weighted by molar-refractivity contribution is 6.09. The second-order valence-corrected chi connectivity index (χ2v) is 9.21. The number of hydrogen-bond donors (Lipinski definition) is 2. The summed E-state index contributed by atoms with van der Waals surface area (Å²) in [5.41, 5.74) is 3.24. The summed E-state index contributed by atoms with van der Waals surface area (Å²) in [5.74, 6) is 0.781. The van der Waals surface area contributed by atoms with Crippen LogP contribution < -0.4 is 20.1 Å². The zero-order chi connectivity index (χ0) is 23.8. The van der Waals surface area contributed by atoms with Crippen LogP contribution >= 0.6 is 0 Å². The Morgan fingerprint density at radius 2 is 1.94 bits per heavy atom. The molecule has 1 aromatic carbocycles. The van der Waals surface area contributed by atoms with E-state index in [-0.39, 0.29) is 17.1 Å². The number of ketones is 1. The molecule has 2 aliphatic rings. The number of carbonyl (C=O) groups is 2. The van der Waals surface area contributed by atoms with Gasteiger partial charge in [-0.2, -0.15) is 0 Å². The lowest BCUT2D eigenvalue weighted by molar-refractivity contribution is -0.118. The molecule has 2 heterocycles. The Labute approximate surface area is 193 Å². The quantitative estimate of drug-likeness (QED) is 0.709. The molecule has 1 aliphatic heterocycles. The molecular formula is C26H29N3O4. The Bertz CT molecular complexity index is 1170. The number of nitrogens with one attached hydrogen (secondary N) is 2. The van der Waals surface area contributed by atoms with Crippen molar-refractivity contribution >= 4 is 17.5 Å². The molecule has 0 bridgehead atoms. The summed E-state index contributed by atoms with van der Waals surface area (Å²) in [4.78, 5) is 31.2. The van der Waals surface area contributed by atoms with E-state index in [2.05, 4.69) is 29.5 Å². The fraction of sp³-hybridized carbons (Fsp3) is 0.346. The van der Waals surface area contributed by atoms with Crippen molar-refractivity contribution in [3.8, 4) is 11.5 Å². The van der Waals surface area contributed by atoms with Crippen LogP contribution in [-0.4, -0.2) is 30.9 Å². The van der Waals surface area contributed by atoms with E-state index in [0.29, 0.717) is 40.6 Å². The molecule has 7 nitrogen and oxygen atoms in total. The molecule has 1 unspecified atom stereocenters. The number of dihydropyridines is 1. The lowest BCUT2D eigenvalue weighted by Crippen LogP contribution is -2.39. The Morgan fingerprint density at radius 1 is 1.15 bits per heavy atom. The van der Waals surface area contributed by atoms with Crippen molar-refractivity contribution in [3.63, 3.8) is 0 Å². The number of benzene rings is 1. The molecule has 0 spiro atoms. The van der Waals surface area contributed by atoms with Crippen molar-refractivity contribution < 1.29 is 19.1 Å². The van der Waals surface area contributed by atoms with E-state index in [9.17, 15) is 9.59 Å². The molecule has 0 saturated carbocycles. The topological polar surface area (TPSA) is 89.5 Å². The van der Waals surface area contributed by atoms with Gasteiger partial charge in [-0.25, -0.2) is 4.98 Å². The van der Waals surface area contributed by atoms with Crippen LogP contribution in [0.1, 0.15) is 45.1 Å². The standard InChI is InChI=1S/C26H29N3O4/c1-15-22(25(31)29-21-8-6-7-11-27-21)23(17-10-9-16(32-4)12-20(17)33-5)24-18(28-15)13-26(2,3)14-19(24)30/h6-12,23,28H,13-14H2,1-5H3,(H,27,29,31). The highest BCUT2D eigenvalue weighted by Gasteiger charge is 2.43. The van der Waals surface area contributed by atoms with Crippen molar-refractivity contribution in [1.82, 2.24) is 10.3 Å². The summed E-state index contributed by atoms with van der Waals surface area (Å²) >= 11 is 0. The van der Waals surface area contributed by atoms with Gasteiger partial charge in [-0.3, -0.25) is 9.59 Å². The second-order valence-electron chi connectivity index (χ2n) is 9.21. The van der Waals surface area contributed by atoms with Crippen LogP contribution in [-0.2, 0) is 9.59 Å². The molecule has 2 aromatic rings. The van der Waals surface area contributed by atoms with E-state index in [1.54, 1.807) is 44.7 Å². The molecule has 7 heteroatoms. The maximum atomic E-state index is 13.5. The molecular weight excluding hydrogens is 418 g/mol. The van der Waals surface area contributed by atoms with Crippen LogP contribution in [0, 0.1) is 5.41 Å². The molecule has 172 valence electrons. The first kappa shape index (κ1) is 22.6. The zero-order valence-electron chi connectivity index (χ0n) is 19.6. The highest BCUT2D eigenvalue weighted by Crippen LogP contribution is 2.49. The van der Waals surface area contributed by atoms with Crippen molar-refractivity contribution in [2.24, 2.45) is 5.41 Å². The third kappa shape index (κ3) is 4.35. The number of rotatable bonds is 5. The number of allylic oxidation sites excluding steroid dienone is 3. The van der Waals surface area contributed by atoms with Crippen LogP contribution in [0.3, 0.4) is 0 Å². The number of methoxy groups -OCH3 is 2. The molecule has 1 aliphatic carbocycles. The summed E-state index contributed by atoms with van der Waals surface area (Å²) in [6.07, 6.45) is 2.75. The van der Waals surface area contributed by atoms with Gasteiger partial charge in [0.15, 0.2) is 5.78 Å². The summed E-state index contributed by atoms with van der Waals surface area (Å²) in [6.45, 7) is 6.04. The molecule has 0 fully saturated rings. The Balaban J connectivity index is 1.87. The first-order valence-electron chi connectivity index (χ1n) is 10.9. The normalized spacial score (nSPS) is 19.5. The van der Waals surface area contributed by atoms with E-state index in [0.717, 1.165) is 17.7 Å². The Kier molecular flexibility index (Phi) is 5.97. The average Bonchev–Trinajstić information content (AvgIpc) is 2.77. The number of anilines is 1. The van der Waals surface area contributed by atoms with Crippen LogP contribution in [0.25, 0.3) is 0 Å². The molecule has 1 aromatic heterocycles. The largest absolute Gasteiger partial charge is 0.497 e. The number of amides is 1. The first-order chi connectivity index (χ1) is 15.7. The second kappa shape index (κ2) is 8.73. The summed E-state index contributed by atoms with van der Waals surface area (Å²) in [5, 5.41) is 6.25. The average molecular weight is 448 g/mol. The fourth-order valence-corrected chi connectivity index (χ4v) is 4.73.